The van der Waals surface area contributed by atoms with Crippen LogP contribution in [0.25, 0.3) is 6.08 Å². The smallest absolute Gasteiger partial charge is 0.250 e. The molecule has 0 aliphatic carbocycles. The zero-order valence-electron chi connectivity index (χ0n) is 17.5. The summed E-state index contributed by atoms with van der Waals surface area (Å²) in [4.78, 5) is 12.3. The number of hydrogen-bond donors (Lipinski definition) is 2. The minimum absolute atomic E-state index is 0.100. The summed E-state index contributed by atoms with van der Waals surface area (Å²) >= 11 is 11.2. The maximum Gasteiger partial charge on any atom is 0.250 e. The second-order valence-electron chi connectivity index (χ2n) is 6.73. The lowest BCUT2D eigenvalue weighted by Crippen LogP contribution is -2.33. The first-order valence-corrected chi connectivity index (χ1v) is 12.1. The second-order valence-corrected chi connectivity index (χ2v) is 9.48. The first-order chi connectivity index (χ1) is 14.8. The Morgan fingerprint density at radius 2 is 1.68 bits per heavy atom. The van der Waals surface area contributed by atoms with Crippen molar-refractivity contribution in [2.45, 2.75) is 31.6 Å². The minimum atomic E-state index is -3.54. The third-order valence-electron chi connectivity index (χ3n) is 4.25. The van der Waals surface area contributed by atoms with Gasteiger partial charge < -0.3 is 5.32 Å². The van der Waals surface area contributed by atoms with Gasteiger partial charge in [-0.3, -0.25) is 10.1 Å². The molecule has 9 heteroatoms. The quantitative estimate of drug-likeness (QED) is 0.403. The van der Waals surface area contributed by atoms with E-state index in [1.807, 2.05) is 19.9 Å². The highest BCUT2D eigenvalue weighted by molar-refractivity contribution is 7.89. The molecule has 0 saturated carbocycles. The van der Waals surface area contributed by atoms with Gasteiger partial charge in [0.25, 0.3) is 0 Å². The van der Waals surface area contributed by atoms with Crippen molar-refractivity contribution in [2.75, 3.05) is 18.4 Å². The SMILES string of the molecule is CCCN(CCC)S(=O)(=O)c1ccc(NC(=S)NC(=O)/C=C/c2ccccc2Cl)cc1. The number of carbonyl (C=O) groups excluding carboxylic acids is 1. The summed E-state index contributed by atoms with van der Waals surface area (Å²) < 4.78 is 27.1. The number of hydrogen-bond acceptors (Lipinski definition) is 4. The van der Waals surface area contributed by atoms with Crippen LogP contribution in [0.5, 0.6) is 0 Å². The molecule has 166 valence electrons. The predicted octanol–water partition coefficient (Wildman–Crippen LogP) is 4.68. The van der Waals surface area contributed by atoms with E-state index >= 15 is 0 Å². The number of sulfonamides is 1. The zero-order chi connectivity index (χ0) is 22.9. The molecule has 0 aliphatic heterocycles. The molecule has 0 unspecified atom stereocenters. The van der Waals surface area contributed by atoms with Gasteiger partial charge in [0.05, 0.1) is 4.90 Å². The van der Waals surface area contributed by atoms with Crippen molar-refractivity contribution in [1.29, 1.82) is 0 Å². The average molecular weight is 480 g/mol. The van der Waals surface area contributed by atoms with Gasteiger partial charge in [0.2, 0.25) is 15.9 Å². The van der Waals surface area contributed by atoms with Gasteiger partial charge in [-0.2, -0.15) is 4.31 Å². The van der Waals surface area contributed by atoms with Gasteiger partial charge in [-0.15, -0.1) is 0 Å². The van der Waals surface area contributed by atoms with E-state index in [-0.39, 0.29) is 10.0 Å². The topological polar surface area (TPSA) is 78.5 Å². The van der Waals surface area contributed by atoms with E-state index in [4.69, 9.17) is 23.8 Å². The number of nitrogens with one attached hydrogen (secondary N) is 2. The number of rotatable bonds is 9. The summed E-state index contributed by atoms with van der Waals surface area (Å²) in [6, 6.07) is 13.4. The van der Waals surface area contributed by atoms with E-state index in [0.29, 0.717) is 23.8 Å². The fourth-order valence-corrected chi connectivity index (χ4v) is 4.84. The van der Waals surface area contributed by atoms with Crippen LogP contribution >= 0.6 is 23.8 Å². The Hall–Kier alpha value is -2.26. The van der Waals surface area contributed by atoms with Crippen LogP contribution in [0, 0.1) is 0 Å². The summed E-state index contributed by atoms with van der Waals surface area (Å²) in [5.41, 5.74) is 1.28. The molecule has 0 aliphatic rings. The van der Waals surface area contributed by atoms with Crippen molar-refractivity contribution in [3.63, 3.8) is 0 Å². The van der Waals surface area contributed by atoms with Crippen LogP contribution in [0.15, 0.2) is 59.5 Å². The molecule has 0 heterocycles. The molecule has 2 rings (SSSR count). The molecular formula is C22H26ClN3O3S2. The van der Waals surface area contributed by atoms with E-state index in [1.165, 1.54) is 22.5 Å². The molecule has 2 aromatic carbocycles. The number of benzene rings is 2. The molecule has 0 spiro atoms. The summed E-state index contributed by atoms with van der Waals surface area (Å²) in [6.07, 6.45) is 4.43. The first kappa shape index (κ1) is 25.0. The van der Waals surface area contributed by atoms with Crippen LogP contribution in [-0.2, 0) is 14.8 Å². The summed E-state index contributed by atoms with van der Waals surface area (Å²) in [6.45, 7) is 4.86. The first-order valence-electron chi connectivity index (χ1n) is 9.92. The van der Waals surface area contributed by atoms with E-state index in [9.17, 15) is 13.2 Å². The van der Waals surface area contributed by atoms with Crippen LogP contribution in [0.2, 0.25) is 5.02 Å². The molecule has 0 bridgehead atoms. The van der Waals surface area contributed by atoms with Gasteiger partial charge in [0.15, 0.2) is 5.11 Å². The highest BCUT2D eigenvalue weighted by Crippen LogP contribution is 2.19. The number of nitrogens with zero attached hydrogens (tertiary/aromatic N) is 1. The van der Waals surface area contributed by atoms with Crippen molar-refractivity contribution >= 4 is 56.6 Å². The predicted molar refractivity (Wildman–Crippen MR) is 131 cm³/mol. The van der Waals surface area contributed by atoms with E-state index < -0.39 is 15.9 Å². The molecule has 0 saturated heterocycles. The van der Waals surface area contributed by atoms with Gasteiger partial charge in [-0.25, -0.2) is 8.42 Å². The zero-order valence-corrected chi connectivity index (χ0v) is 19.9. The van der Waals surface area contributed by atoms with E-state index in [0.717, 1.165) is 18.4 Å². The Morgan fingerprint density at radius 3 is 2.26 bits per heavy atom. The molecule has 6 nitrogen and oxygen atoms in total. The van der Waals surface area contributed by atoms with E-state index in [1.54, 1.807) is 36.4 Å². The third kappa shape index (κ3) is 7.43. The number of thiocarbonyl (C=S) groups is 1. The Morgan fingerprint density at radius 1 is 1.06 bits per heavy atom. The molecule has 0 aromatic heterocycles. The molecule has 2 aromatic rings. The lowest BCUT2D eigenvalue weighted by Gasteiger charge is -2.21. The van der Waals surface area contributed by atoms with Crippen molar-refractivity contribution in [3.8, 4) is 0 Å². The average Bonchev–Trinajstić information content (AvgIpc) is 2.73. The fraction of sp³-hybridized carbons (Fsp3) is 0.273. The van der Waals surface area contributed by atoms with Crippen molar-refractivity contribution in [2.24, 2.45) is 0 Å². The van der Waals surface area contributed by atoms with Gasteiger partial charge >= 0.3 is 0 Å². The van der Waals surface area contributed by atoms with Crippen LogP contribution in [0.4, 0.5) is 5.69 Å². The highest BCUT2D eigenvalue weighted by Gasteiger charge is 2.22. The fourth-order valence-electron chi connectivity index (χ4n) is 2.80. The van der Waals surface area contributed by atoms with Gasteiger partial charge in [-0.1, -0.05) is 43.6 Å². The molecule has 1 amide bonds. The molecule has 0 fully saturated rings. The standard InChI is InChI=1S/C22H26ClN3O3S2/c1-3-15-26(16-4-2)31(28,29)19-12-10-18(11-13-19)24-22(30)25-21(27)14-9-17-7-5-6-8-20(17)23/h5-14H,3-4,15-16H2,1-2H3,(H2,24,25,27,30)/b14-9+. The van der Waals surface area contributed by atoms with Crippen molar-refractivity contribution in [1.82, 2.24) is 9.62 Å². The molecule has 0 radical (unpaired) electrons. The van der Waals surface area contributed by atoms with Crippen molar-refractivity contribution in [3.05, 3.63) is 65.2 Å². The van der Waals surface area contributed by atoms with Crippen molar-refractivity contribution < 1.29 is 13.2 Å². The number of amides is 1. The highest BCUT2D eigenvalue weighted by atomic mass is 35.5. The number of carbonyl (C=O) groups is 1. The number of halogens is 1. The lowest BCUT2D eigenvalue weighted by atomic mass is 10.2. The van der Waals surface area contributed by atoms with Gasteiger partial charge in [0.1, 0.15) is 0 Å². The summed E-state index contributed by atoms with van der Waals surface area (Å²) in [5.74, 6) is -0.411. The summed E-state index contributed by atoms with van der Waals surface area (Å²) in [5, 5.41) is 6.05. The maximum atomic E-state index is 12.8. The third-order valence-corrected chi connectivity index (χ3v) is 6.71. The Kier molecular flexibility index (Phi) is 9.64. The minimum Gasteiger partial charge on any atom is -0.332 e. The summed E-state index contributed by atoms with van der Waals surface area (Å²) in [7, 11) is -3.54. The monoisotopic (exact) mass is 479 g/mol. The molecule has 31 heavy (non-hydrogen) atoms. The largest absolute Gasteiger partial charge is 0.332 e. The van der Waals surface area contributed by atoms with E-state index in [2.05, 4.69) is 10.6 Å². The normalized spacial score (nSPS) is 11.6. The van der Waals surface area contributed by atoms with Crippen LogP contribution in [0.1, 0.15) is 32.3 Å². The molecule has 0 atom stereocenters. The molecular weight excluding hydrogens is 454 g/mol. The Bertz CT molecular complexity index is 1030. The maximum absolute atomic E-state index is 12.8. The Labute approximate surface area is 194 Å². The van der Waals surface area contributed by atoms with Crippen LogP contribution < -0.4 is 10.6 Å². The molecule has 2 N–H and O–H groups in total. The number of anilines is 1. The lowest BCUT2D eigenvalue weighted by molar-refractivity contribution is -0.115. The Balaban J connectivity index is 1.98. The van der Waals surface area contributed by atoms with Gasteiger partial charge in [-0.05, 0) is 67.0 Å². The van der Waals surface area contributed by atoms with Gasteiger partial charge in [0, 0.05) is 29.9 Å². The second kappa shape index (κ2) is 12.0. The van der Waals surface area contributed by atoms with Crippen LogP contribution in [0.3, 0.4) is 0 Å². The van der Waals surface area contributed by atoms with Crippen LogP contribution in [-0.4, -0.2) is 36.8 Å².